The maximum atomic E-state index is 13.5. The van der Waals surface area contributed by atoms with Crippen molar-refractivity contribution in [3.05, 3.63) is 42.5 Å². The average molecular weight is 515 g/mol. The van der Waals surface area contributed by atoms with Gasteiger partial charge in [0.2, 0.25) is 6.79 Å². The highest BCUT2D eigenvalue weighted by molar-refractivity contribution is 7.93. The van der Waals surface area contributed by atoms with Gasteiger partial charge in [-0.1, -0.05) is 0 Å². The summed E-state index contributed by atoms with van der Waals surface area (Å²) in [6.07, 6.45) is 0.113. The van der Waals surface area contributed by atoms with Crippen molar-refractivity contribution in [2.45, 2.75) is 22.5 Å². The molecule has 0 unspecified atom stereocenters. The zero-order valence-electron chi connectivity index (χ0n) is 18.6. The fourth-order valence-electron chi connectivity index (χ4n) is 4.07. The van der Waals surface area contributed by atoms with Gasteiger partial charge in [0.1, 0.15) is 11.5 Å². The topological polar surface area (TPSA) is 124 Å². The number of amides is 1. The van der Waals surface area contributed by atoms with Crippen LogP contribution in [0.15, 0.2) is 47.4 Å². The third kappa shape index (κ3) is 4.93. The molecule has 34 heavy (non-hydrogen) atoms. The Morgan fingerprint density at radius 3 is 2.38 bits per heavy atom. The van der Waals surface area contributed by atoms with Crippen LogP contribution in [0.2, 0.25) is 0 Å². The number of fused-ring (bicyclic) bond motifs is 1. The van der Waals surface area contributed by atoms with E-state index in [1.165, 1.54) is 24.3 Å². The number of nitrogens with one attached hydrogen (secondary N) is 1. The van der Waals surface area contributed by atoms with Crippen LogP contribution in [0.5, 0.6) is 23.0 Å². The molecular formula is C22H27ClN2O8S. The van der Waals surface area contributed by atoms with E-state index in [-0.39, 0.29) is 36.9 Å². The zero-order valence-corrected chi connectivity index (χ0v) is 20.2. The Hall–Kier alpha value is -2.57. The number of carbonyl (C=O) groups is 1. The number of benzene rings is 2. The third-order valence-corrected chi connectivity index (χ3v) is 8.53. The van der Waals surface area contributed by atoms with Crippen LogP contribution >= 0.6 is 12.4 Å². The van der Waals surface area contributed by atoms with Crippen molar-refractivity contribution in [2.75, 3.05) is 40.1 Å². The van der Waals surface area contributed by atoms with Gasteiger partial charge in [-0.05, 0) is 49.2 Å². The molecule has 2 aliphatic heterocycles. The Morgan fingerprint density at radius 1 is 1.09 bits per heavy atom. The van der Waals surface area contributed by atoms with Gasteiger partial charge in [0.05, 0.1) is 11.5 Å². The van der Waals surface area contributed by atoms with E-state index in [2.05, 4.69) is 0 Å². The highest BCUT2D eigenvalue weighted by Crippen LogP contribution is 2.38. The first-order valence-corrected chi connectivity index (χ1v) is 12.0. The molecule has 2 aromatic carbocycles. The quantitative estimate of drug-likeness (QED) is 0.403. The largest absolute Gasteiger partial charge is 0.457 e. The first kappa shape index (κ1) is 26.0. The molecule has 0 bridgehead atoms. The van der Waals surface area contributed by atoms with E-state index in [0.29, 0.717) is 49.2 Å². The first-order valence-electron chi connectivity index (χ1n) is 10.5. The van der Waals surface area contributed by atoms with Gasteiger partial charge in [0.15, 0.2) is 26.1 Å². The number of ether oxygens (including phenoxy) is 4. The van der Waals surface area contributed by atoms with Gasteiger partial charge in [-0.3, -0.25) is 10.0 Å². The van der Waals surface area contributed by atoms with Crippen molar-refractivity contribution in [2.24, 2.45) is 0 Å². The smallest absolute Gasteiger partial charge is 0.265 e. The van der Waals surface area contributed by atoms with Crippen molar-refractivity contribution in [1.29, 1.82) is 0 Å². The molecule has 186 valence electrons. The van der Waals surface area contributed by atoms with Gasteiger partial charge in [0, 0.05) is 32.8 Å². The number of methoxy groups -OCH3 is 1. The summed E-state index contributed by atoms with van der Waals surface area (Å²) in [7, 11) is -2.50. The maximum Gasteiger partial charge on any atom is 0.265 e. The molecule has 0 atom stereocenters. The normalized spacial score (nSPS) is 17.0. The fraction of sp³-hybridized carbons (Fsp3) is 0.409. The lowest BCUT2D eigenvalue weighted by Crippen LogP contribution is -2.57. The van der Waals surface area contributed by atoms with E-state index in [0.717, 1.165) is 0 Å². The van der Waals surface area contributed by atoms with Crippen molar-refractivity contribution in [3.8, 4) is 23.0 Å². The number of piperidine rings is 1. The maximum absolute atomic E-state index is 13.5. The van der Waals surface area contributed by atoms with E-state index in [1.54, 1.807) is 30.8 Å². The summed E-state index contributed by atoms with van der Waals surface area (Å²) in [6.45, 7) is 2.08. The molecule has 2 aromatic rings. The minimum absolute atomic E-state index is 0. The Bertz CT molecular complexity index is 1100. The molecule has 2 aliphatic rings. The highest BCUT2D eigenvalue weighted by Gasteiger charge is 2.52. The molecule has 0 aromatic heterocycles. The van der Waals surface area contributed by atoms with Gasteiger partial charge >= 0.3 is 0 Å². The first-order chi connectivity index (χ1) is 15.9. The molecule has 0 aliphatic carbocycles. The van der Waals surface area contributed by atoms with Gasteiger partial charge < -0.3 is 23.8 Å². The minimum Gasteiger partial charge on any atom is -0.457 e. The molecule has 1 amide bonds. The molecule has 2 heterocycles. The fourth-order valence-corrected chi connectivity index (χ4v) is 6.02. The van der Waals surface area contributed by atoms with Gasteiger partial charge in [-0.2, -0.15) is 0 Å². The number of sulfone groups is 1. The Kier molecular flexibility index (Phi) is 8.26. The number of hydroxylamine groups is 1. The highest BCUT2D eigenvalue weighted by atomic mass is 35.5. The second-order valence-corrected chi connectivity index (χ2v) is 10.1. The van der Waals surface area contributed by atoms with Gasteiger partial charge in [0.25, 0.3) is 5.91 Å². The molecule has 10 nitrogen and oxygen atoms in total. The van der Waals surface area contributed by atoms with Crippen molar-refractivity contribution in [1.82, 2.24) is 10.4 Å². The minimum atomic E-state index is -4.10. The molecular weight excluding hydrogens is 488 g/mol. The molecule has 0 spiro atoms. The summed E-state index contributed by atoms with van der Waals surface area (Å²) in [4.78, 5) is 14.6. The van der Waals surface area contributed by atoms with Crippen LogP contribution in [-0.4, -0.2) is 69.3 Å². The van der Waals surface area contributed by atoms with Crippen molar-refractivity contribution >= 4 is 28.2 Å². The SMILES string of the molecule is COCCN1CCC(C(=O)NO)(S(=O)(=O)c2ccc(Oc3ccc4c(c3)OCO4)cc2)CC1.Cl. The predicted molar refractivity (Wildman–Crippen MR) is 124 cm³/mol. The number of likely N-dealkylation sites (tertiary alicyclic amines) is 1. The van der Waals surface area contributed by atoms with Crippen LogP contribution in [0, 0.1) is 0 Å². The summed E-state index contributed by atoms with van der Waals surface area (Å²) in [5.41, 5.74) is 1.57. The Morgan fingerprint density at radius 2 is 1.74 bits per heavy atom. The number of carbonyl (C=O) groups excluding carboxylic acids is 1. The molecule has 1 fully saturated rings. The standard InChI is InChI=1S/C22H26N2O8S.ClH/c1-29-13-12-24-10-8-22(9-11-24,21(25)23-26)33(27,28)18-5-2-16(3-6-18)32-17-4-7-19-20(14-17)31-15-30-19;/h2-7,14,26H,8-13,15H2,1H3,(H,23,25);1H. The number of hydrogen-bond donors (Lipinski definition) is 2. The van der Waals surface area contributed by atoms with Crippen LogP contribution in [0.1, 0.15) is 12.8 Å². The number of nitrogens with zero attached hydrogens (tertiary/aromatic N) is 1. The predicted octanol–water partition coefficient (Wildman–Crippen LogP) is 2.39. The van der Waals surface area contributed by atoms with E-state index in [1.807, 2.05) is 4.90 Å². The summed E-state index contributed by atoms with van der Waals surface area (Å²) in [6, 6.07) is 11.0. The lowest BCUT2D eigenvalue weighted by Gasteiger charge is -2.39. The monoisotopic (exact) mass is 514 g/mol. The Labute approximate surface area is 204 Å². The summed E-state index contributed by atoms with van der Waals surface area (Å²) >= 11 is 0. The number of hydrogen-bond acceptors (Lipinski definition) is 9. The molecule has 12 heteroatoms. The summed E-state index contributed by atoms with van der Waals surface area (Å²) < 4.78 is 46.8. The molecule has 0 saturated carbocycles. The molecule has 0 radical (unpaired) electrons. The number of halogens is 1. The van der Waals surface area contributed by atoms with E-state index in [9.17, 15) is 18.4 Å². The molecule has 4 rings (SSSR count). The van der Waals surface area contributed by atoms with Crippen LogP contribution in [0.3, 0.4) is 0 Å². The van der Waals surface area contributed by atoms with Crippen LogP contribution in [0.25, 0.3) is 0 Å². The summed E-state index contributed by atoms with van der Waals surface area (Å²) in [5.74, 6) is 1.21. The van der Waals surface area contributed by atoms with Crippen LogP contribution < -0.4 is 19.7 Å². The Balaban J connectivity index is 0.00000324. The van der Waals surface area contributed by atoms with Crippen LogP contribution in [-0.2, 0) is 19.4 Å². The third-order valence-electron chi connectivity index (χ3n) is 6.02. The van der Waals surface area contributed by atoms with Crippen LogP contribution in [0.4, 0.5) is 0 Å². The van der Waals surface area contributed by atoms with E-state index >= 15 is 0 Å². The lowest BCUT2D eigenvalue weighted by molar-refractivity contribution is -0.133. The average Bonchev–Trinajstić information content (AvgIpc) is 3.31. The van der Waals surface area contributed by atoms with Crippen molar-refractivity contribution in [3.63, 3.8) is 0 Å². The summed E-state index contributed by atoms with van der Waals surface area (Å²) in [5, 5.41) is 9.31. The van der Waals surface area contributed by atoms with E-state index in [4.69, 9.17) is 18.9 Å². The molecule has 1 saturated heterocycles. The lowest BCUT2D eigenvalue weighted by atomic mass is 9.95. The molecule has 2 N–H and O–H groups in total. The van der Waals surface area contributed by atoms with Gasteiger partial charge in [-0.15, -0.1) is 12.4 Å². The number of rotatable bonds is 8. The second-order valence-electron chi connectivity index (χ2n) is 7.86. The van der Waals surface area contributed by atoms with Gasteiger partial charge in [-0.25, -0.2) is 13.9 Å². The zero-order chi connectivity index (χ0) is 23.5. The second kappa shape index (κ2) is 10.8. The van der Waals surface area contributed by atoms with E-state index < -0.39 is 20.5 Å². The van der Waals surface area contributed by atoms with Crippen molar-refractivity contribution < 1.29 is 37.4 Å².